The van der Waals surface area contributed by atoms with Crippen molar-refractivity contribution < 1.29 is 0 Å². The first-order chi connectivity index (χ1) is 8.84. The van der Waals surface area contributed by atoms with E-state index in [0.717, 1.165) is 18.2 Å². The zero-order valence-electron chi connectivity index (χ0n) is 10.8. The van der Waals surface area contributed by atoms with Gasteiger partial charge in [0.2, 0.25) is 0 Å². The van der Waals surface area contributed by atoms with Gasteiger partial charge in [0.25, 0.3) is 0 Å². The smallest absolute Gasteiger partial charge is 0.0186 e. The molecule has 2 rings (SSSR count). The van der Waals surface area contributed by atoms with Gasteiger partial charge in [-0.05, 0) is 43.5 Å². The predicted octanol–water partition coefficient (Wildman–Crippen LogP) is 4.71. The molecule has 1 aliphatic carbocycles. The molecule has 0 spiro atoms. The van der Waals surface area contributed by atoms with Crippen molar-refractivity contribution in [1.82, 2.24) is 5.32 Å². The van der Waals surface area contributed by atoms with Gasteiger partial charge in [-0.25, -0.2) is 0 Å². The molecule has 1 N–H and O–H groups in total. The first kappa shape index (κ1) is 14.4. The van der Waals surface area contributed by atoms with Crippen LogP contribution < -0.4 is 5.32 Å². The summed E-state index contributed by atoms with van der Waals surface area (Å²) in [5, 5.41) is 3.61. The minimum Gasteiger partial charge on any atom is -0.316 e. The molecule has 1 aromatic carbocycles. The van der Waals surface area contributed by atoms with Crippen LogP contribution in [-0.2, 0) is 0 Å². The van der Waals surface area contributed by atoms with Gasteiger partial charge in [0.05, 0.1) is 0 Å². The Hall–Kier alpha value is 0.01000. The molecule has 1 saturated carbocycles. The largest absolute Gasteiger partial charge is 0.316 e. The molecule has 1 aliphatic rings. The van der Waals surface area contributed by atoms with Gasteiger partial charge >= 0.3 is 0 Å². The van der Waals surface area contributed by atoms with Crippen LogP contribution in [-0.4, -0.2) is 18.8 Å². The first-order valence-electron chi connectivity index (χ1n) is 6.94. The van der Waals surface area contributed by atoms with Crippen molar-refractivity contribution in [2.45, 2.75) is 37.0 Å². The molecule has 0 heterocycles. The van der Waals surface area contributed by atoms with Crippen LogP contribution in [0.1, 0.15) is 32.1 Å². The van der Waals surface area contributed by atoms with Crippen LogP contribution in [0.3, 0.4) is 0 Å². The van der Waals surface area contributed by atoms with Crippen molar-refractivity contribution in [3.05, 3.63) is 28.7 Å². The summed E-state index contributed by atoms with van der Waals surface area (Å²) < 4.78 is 1.17. The van der Waals surface area contributed by atoms with Crippen LogP contribution in [0.25, 0.3) is 0 Å². The second-order valence-corrected chi connectivity index (χ2v) is 7.10. The van der Waals surface area contributed by atoms with Gasteiger partial charge in [0, 0.05) is 21.7 Å². The molecule has 18 heavy (non-hydrogen) atoms. The van der Waals surface area contributed by atoms with Crippen molar-refractivity contribution in [1.29, 1.82) is 0 Å². The van der Waals surface area contributed by atoms with E-state index < -0.39 is 0 Å². The van der Waals surface area contributed by atoms with Crippen molar-refractivity contribution in [2.75, 3.05) is 18.8 Å². The van der Waals surface area contributed by atoms with E-state index >= 15 is 0 Å². The van der Waals surface area contributed by atoms with Gasteiger partial charge in [-0.2, -0.15) is 0 Å². The molecule has 0 unspecified atom stereocenters. The first-order valence-corrected chi connectivity index (χ1v) is 8.71. The molecule has 0 aromatic heterocycles. The van der Waals surface area contributed by atoms with Crippen molar-refractivity contribution in [3.8, 4) is 0 Å². The maximum atomic E-state index is 3.61. The Labute approximate surface area is 123 Å². The Balaban J connectivity index is 1.55. The quantitative estimate of drug-likeness (QED) is 0.599. The Morgan fingerprint density at radius 2 is 2.06 bits per heavy atom. The summed E-state index contributed by atoms with van der Waals surface area (Å²) in [5.41, 5.74) is 0. The Morgan fingerprint density at radius 1 is 1.22 bits per heavy atom. The molecule has 1 fully saturated rings. The fourth-order valence-electron chi connectivity index (χ4n) is 2.50. The van der Waals surface area contributed by atoms with E-state index in [9.17, 15) is 0 Å². The lowest BCUT2D eigenvalue weighted by Gasteiger charge is -2.21. The molecule has 0 amide bonds. The van der Waals surface area contributed by atoms with Crippen LogP contribution >= 0.6 is 27.7 Å². The molecular weight excluding hydrogens is 306 g/mol. The van der Waals surface area contributed by atoms with Gasteiger partial charge in [0.15, 0.2) is 0 Å². The van der Waals surface area contributed by atoms with E-state index in [1.165, 1.54) is 48.0 Å². The topological polar surface area (TPSA) is 12.0 Å². The average molecular weight is 328 g/mol. The fraction of sp³-hybridized carbons (Fsp3) is 0.600. The molecule has 0 radical (unpaired) electrons. The normalized spacial score (nSPS) is 16.9. The van der Waals surface area contributed by atoms with Crippen LogP contribution in [0.4, 0.5) is 0 Å². The van der Waals surface area contributed by atoms with E-state index in [0.29, 0.717) is 0 Å². The fourth-order valence-corrected chi connectivity index (χ4v) is 3.91. The van der Waals surface area contributed by atoms with Crippen molar-refractivity contribution in [3.63, 3.8) is 0 Å². The van der Waals surface area contributed by atoms with Gasteiger partial charge in [-0.1, -0.05) is 41.3 Å². The Bertz CT molecular complexity index is 350. The summed E-state index contributed by atoms with van der Waals surface area (Å²) in [7, 11) is 0. The molecule has 0 saturated heterocycles. The number of thioether (sulfide) groups is 1. The number of benzene rings is 1. The van der Waals surface area contributed by atoms with Crippen LogP contribution in [0.5, 0.6) is 0 Å². The van der Waals surface area contributed by atoms with E-state index in [1.807, 2.05) is 11.8 Å². The van der Waals surface area contributed by atoms with Crippen molar-refractivity contribution in [2.24, 2.45) is 5.92 Å². The maximum absolute atomic E-state index is 3.61. The minimum atomic E-state index is 0.939. The summed E-state index contributed by atoms with van der Waals surface area (Å²) >= 11 is 5.44. The second kappa shape index (κ2) is 8.23. The number of halogens is 1. The molecule has 0 atom stereocenters. The minimum absolute atomic E-state index is 0.939. The molecule has 0 bridgehead atoms. The Kier molecular flexibility index (Phi) is 6.60. The lowest BCUT2D eigenvalue weighted by Crippen LogP contribution is -2.26. The average Bonchev–Trinajstić information content (AvgIpc) is 2.40. The van der Waals surface area contributed by atoms with Crippen LogP contribution in [0.2, 0.25) is 0 Å². The zero-order chi connectivity index (χ0) is 12.6. The lowest BCUT2D eigenvalue weighted by molar-refractivity contribution is 0.345. The third-order valence-electron chi connectivity index (χ3n) is 3.50. The van der Waals surface area contributed by atoms with Gasteiger partial charge in [-0.3, -0.25) is 0 Å². The number of rotatable bonds is 6. The molecule has 0 aliphatic heterocycles. The summed E-state index contributed by atoms with van der Waals surface area (Å²) in [5.74, 6) is 2.10. The molecule has 100 valence electrons. The highest BCUT2D eigenvalue weighted by molar-refractivity contribution is 9.10. The van der Waals surface area contributed by atoms with Gasteiger partial charge in [-0.15, -0.1) is 11.8 Å². The number of hydrogen-bond donors (Lipinski definition) is 1. The SMILES string of the molecule is Brc1cccc(SCCNCC2CCCCC2)c1. The van der Waals surface area contributed by atoms with Crippen LogP contribution in [0, 0.1) is 5.92 Å². The summed E-state index contributed by atoms with van der Waals surface area (Å²) in [6, 6.07) is 8.54. The monoisotopic (exact) mass is 327 g/mol. The summed E-state index contributed by atoms with van der Waals surface area (Å²) in [4.78, 5) is 1.35. The standard InChI is InChI=1S/C15H22BrNS/c16-14-7-4-8-15(11-14)18-10-9-17-12-13-5-2-1-3-6-13/h4,7-8,11,13,17H,1-3,5-6,9-10,12H2. The molecular formula is C15H22BrNS. The second-order valence-electron chi connectivity index (χ2n) is 5.01. The highest BCUT2D eigenvalue weighted by atomic mass is 79.9. The number of nitrogens with one attached hydrogen (secondary N) is 1. The predicted molar refractivity (Wildman–Crippen MR) is 84.3 cm³/mol. The van der Waals surface area contributed by atoms with E-state index in [-0.39, 0.29) is 0 Å². The number of hydrogen-bond acceptors (Lipinski definition) is 2. The molecule has 1 aromatic rings. The van der Waals surface area contributed by atoms with E-state index in [1.54, 1.807) is 0 Å². The van der Waals surface area contributed by atoms with Crippen LogP contribution in [0.15, 0.2) is 33.6 Å². The van der Waals surface area contributed by atoms with E-state index in [2.05, 4.69) is 45.5 Å². The zero-order valence-corrected chi connectivity index (χ0v) is 13.2. The molecule has 3 heteroatoms. The molecule has 1 nitrogen and oxygen atoms in total. The third kappa shape index (κ3) is 5.33. The lowest BCUT2D eigenvalue weighted by atomic mass is 9.89. The van der Waals surface area contributed by atoms with Gasteiger partial charge in [0.1, 0.15) is 0 Å². The Morgan fingerprint density at radius 3 is 2.83 bits per heavy atom. The summed E-state index contributed by atoms with van der Waals surface area (Å²) in [6.45, 7) is 2.34. The van der Waals surface area contributed by atoms with E-state index in [4.69, 9.17) is 0 Å². The highest BCUT2D eigenvalue weighted by Crippen LogP contribution is 2.23. The van der Waals surface area contributed by atoms with Gasteiger partial charge < -0.3 is 5.32 Å². The highest BCUT2D eigenvalue weighted by Gasteiger charge is 2.12. The maximum Gasteiger partial charge on any atom is 0.0186 e. The third-order valence-corrected chi connectivity index (χ3v) is 4.99. The van der Waals surface area contributed by atoms with Crippen molar-refractivity contribution >= 4 is 27.7 Å². The summed E-state index contributed by atoms with van der Waals surface area (Å²) in [6.07, 6.45) is 7.21.